The van der Waals surface area contributed by atoms with Crippen LogP contribution in [0.1, 0.15) is 27.0 Å². The summed E-state index contributed by atoms with van der Waals surface area (Å²) in [6.07, 6.45) is 2.28. The number of nitrogens with one attached hydrogen (secondary N) is 2. The molecule has 3 aromatic heterocycles. The van der Waals surface area contributed by atoms with E-state index in [0.29, 0.717) is 20.4 Å². The van der Waals surface area contributed by atoms with Crippen molar-refractivity contribution < 1.29 is 44.4 Å². The maximum Gasteiger partial charge on any atom is 0.352 e. The first-order valence-electron chi connectivity index (χ1n) is 13.9. The molecule has 6 N–H and O–H groups in total. The van der Waals surface area contributed by atoms with Gasteiger partial charge in [0.1, 0.15) is 45.0 Å². The maximum absolute atomic E-state index is 13.7. The summed E-state index contributed by atoms with van der Waals surface area (Å²) in [5, 5.41) is 52.0. The van der Waals surface area contributed by atoms with Crippen molar-refractivity contribution in [3.63, 3.8) is 0 Å². The molecule has 19 heteroatoms. The van der Waals surface area contributed by atoms with Crippen LogP contribution in [0.25, 0.3) is 11.0 Å². The van der Waals surface area contributed by atoms with Gasteiger partial charge in [-0.25, -0.2) is 4.79 Å². The molecule has 3 amide bonds. The molecular formula is C29H23N7O9S3. The molecule has 2 aliphatic heterocycles. The van der Waals surface area contributed by atoms with Gasteiger partial charge in [-0.3, -0.25) is 34.0 Å². The third kappa shape index (κ3) is 6.46. The number of phenols is 1. The van der Waals surface area contributed by atoms with E-state index in [1.807, 2.05) is 0 Å². The minimum atomic E-state index is -1.40. The fourth-order valence-electron chi connectivity index (χ4n) is 5.03. The number of aromatic hydroxyl groups is 2. The molecule has 1 saturated heterocycles. The number of hydrogen-bond donors (Lipinski definition) is 6. The highest BCUT2D eigenvalue weighted by Gasteiger charge is 2.54. The summed E-state index contributed by atoms with van der Waals surface area (Å²) in [4.78, 5) is 72.9. The Balaban J connectivity index is 1.19. The van der Waals surface area contributed by atoms with Crippen LogP contribution < -0.4 is 10.6 Å². The van der Waals surface area contributed by atoms with Gasteiger partial charge in [-0.2, -0.15) is 0 Å². The Morgan fingerprint density at radius 2 is 1.83 bits per heavy atom. The maximum atomic E-state index is 13.7. The van der Waals surface area contributed by atoms with Crippen molar-refractivity contribution in [1.82, 2.24) is 35.7 Å². The van der Waals surface area contributed by atoms with Crippen molar-refractivity contribution in [2.75, 3.05) is 11.5 Å². The highest BCUT2D eigenvalue weighted by Crippen LogP contribution is 2.42. The van der Waals surface area contributed by atoms with E-state index in [9.17, 15) is 39.3 Å². The number of thioether (sulfide) groups is 2. The molecule has 16 nitrogen and oxygen atoms in total. The lowest BCUT2D eigenvalue weighted by molar-refractivity contribution is -0.151. The largest absolute Gasteiger partial charge is 0.508 e. The van der Waals surface area contributed by atoms with Crippen LogP contribution in [0.2, 0.25) is 0 Å². The lowest BCUT2D eigenvalue weighted by Crippen LogP contribution is -2.71. The molecule has 2 aliphatic rings. The second-order valence-corrected chi connectivity index (χ2v) is 13.8. The Kier molecular flexibility index (Phi) is 9.16. The minimum Gasteiger partial charge on any atom is -0.508 e. The molecule has 0 saturated carbocycles. The number of carbonyl (C=O) groups is 5. The second kappa shape index (κ2) is 13.5. The first kappa shape index (κ1) is 32.7. The molecule has 0 bridgehead atoms. The molecule has 4 aromatic rings. The Morgan fingerprint density at radius 1 is 1.06 bits per heavy atom. The quantitative estimate of drug-likeness (QED) is 0.0955. The highest BCUT2D eigenvalue weighted by molar-refractivity contribution is 8.01. The molecule has 2 unspecified atom stereocenters. The van der Waals surface area contributed by atoms with Crippen LogP contribution in [-0.2, 0) is 25.6 Å². The third-order valence-electron chi connectivity index (χ3n) is 7.28. The van der Waals surface area contributed by atoms with E-state index in [1.165, 1.54) is 54.0 Å². The number of nitrogens with zero attached hydrogens (tertiary/aromatic N) is 5. The smallest absolute Gasteiger partial charge is 0.352 e. The van der Waals surface area contributed by atoms with E-state index >= 15 is 0 Å². The Labute approximate surface area is 282 Å². The summed E-state index contributed by atoms with van der Waals surface area (Å²) < 4.78 is 0.446. The average molecular weight is 710 g/mol. The van der Waals surface area contributed by atoms with Crippen LogP contribution in [0.4, 0.5) is 0 Å². The fraction of sp³-hybridized carbons (Fsp3) is 0.207. The fourth-order valence-corrected chi connectivity index (χ4v) is 8.40. The van der Waals surface area contributed by atoms with Crippen LogP contribution >= 0.6 is 34.9 Å². The Morgan fingerprint density at radius 3 is 2.56 bits per heavy atom. The number of carboxylic acid groups (broad SMARTS) is 2. The zero-order valence-electron chi connectivity index (χ0n) is 24.3. The summed E-state index contributed by atoms with van der Waals surface area (Å²) >= 11 is 3.49. The molecule has 48 heavy (non-hydrogen) atoms. The summed E-state index contributed by atoms with van der Waals surface area (Å²) in [5.41, 5.74) is 0.650. The van der Waals surface area contributed by atoms with Gasteiger partial charge in [0.25, 0.3) is 11.8 Å². The Bertz CT molecular complexity index is 2000. The van der Waals surface area contributed by atoms with Gasteiger partial charge in [0.05, 0.1) is 11.9 Å². The molecular weight excluding hydrogens is 687 g/mol. The molecule has 246 valence electrons. The number of pyridine rings is 2. The summed E-state index contributed by atoms with van der Waals surface area (Å²) in [5.74, 6) is -4.87. The number of carboxylic acids is 2. The average Bonchev–Trinajstić information content (AvgIpc) is 3.51. The lowest BCUT2D eigenvalue weighted by Gasteiger charge is -2.49. The van der Waals surface area contributed by atoms with Gasteiger partial charge in [-0.15, -0.1) is 22.0 Å². The Hall–Kier alpha value is -5.27. The molecule has 0 radical (unpaired) electrons. The molecule has 3 atom stereocenters. The predicted octanol–water partition coefficient (Wildman–Crippen LogP) is 1.52. The van der Waals surface area contributed by atoms with Crippen molar-refractivity contribution >= 4 is 75.6 Å². The highest BCUT2D eigenvalue weighted by atomic mass is 32.2. The van der Waals surface area contributed by atoms with Crippen LogP contribution in [0.5, 0.6) is 11.5 Å². The number of amides is 3. The predicted molar refractivity (Wildman–Crippen MR) is 171 cm³/mol. The SMILES string of the molecule is O=C(O)Cc1nnc(SCC2=C(C(=O)O)N3C(=O)C(NC(=O)C(NC(=O)c4cnc5cccnc5c4O)c4ccc(O)cc4)[C@H]3SC2)s1. The monoisotopic (exact) mass is 709 g/mol. The molecule has 1 fully saturated rings. The van der Waals surface area contributed by atoms with E-state index in [-0.39, 0.29) is 46.0 Å². The summed E-state index contributed by atoms with van der Waals surface area (Å²) in [7, 11) is 0. The van der Waals surface area contributed by atoms with Gasteiger partial charge in [-0.05, 0) is 35.4 Å². The van der Waals surface area contributed by atoms with Gasteiger partial charge < -0.3 is 31.1 Å². The number of hydrogen-bond acceptors (Lipinski definition) is 14. The molecule has 6 rings (SSSR count). The van der Waals surface area contributed by atoms with Crippen molar-refractivity contribution in [2.24, 2.45) is 0 Å². The van der Waals surface area contributed by atoms with E-state index < -0.39 is 52.9 Å². The van der Waals surface area contributed by atoms with Crippen LogP contribution in [0, 0.1) is 0 Å². The van der Waals surface area contributed by atoms with Crippen molar-refractivity contribution in [3.05, 3.63) is 76.2 Å². The van der Waals surface area contributed by atoms with Crippen LogP contribution in [-0.4, -0.2) is 98.1 Å². The first-order valence-corrected chi connectivity index (χ1v) is 16.8. The van der Waals surface area contributed by atoms with E-state index in [1.54, 1.807) is 12.1 Å². The van der Waals surface area contributed by atoms with Crippen LogP contribution in [0.3, 0.4) is 0 Å². The van der Waals surface area contributed by atoms with E-state index in [2.05, 4.69) is 30.8 Å². The van der Waals surface area contributed by atoms with Gasteiger partial charge in [0.2, 0.25) is 5.91 Å². The topological polar surface area (TPSA) is 245 Å². The van der Waals surface area contributed by atoms with Gasteiger partial charge >= 0.3 is 11.9 Å². The molecule has 1 aromatic carbocycles. The number of aliphatic carboxylic acids is 2. The van der Waals surface area contributed by atoms with Gasteiger partial charge in [0.15, 0.2) is 10.1 Å². The molecule has 0 aliphatic carbocycles. The van der Waals surface area contributed by atoms with Crippen LogP contribution in [0.15, 0.2) is 64.4 Å². The summed E-state index contributed by atoms with van der Waals surface area (Å²) in [6, 6.07) is 6.13. The zero-order chi connectivity index (χ0) is 34.1. The first-order chi connectivity index (χ1) is 23.0. The number of benzene rings is 1. The number of phenolic OH excluding ortho intramolecular Hbond substituents is 1. The number of rotatable bonds is 11. The number of carbonyl (C=O) groups excluding carboxylic acids is 3. The van der Waals surface area contributed by atoms with Crippen molar-refractivity contribution in [2.45, 2.75) is 28.2 Å². The van der Waals surface area contributed by atoms with E-state index in [4.69, 9.17) is 5.11 Å². The normalized spacial score (nSPS) is 17.8. The number of β-lactam (4-membered cyclic amide) rings is 1. The van der Waals surface area contributed by atoms with Gasteiger partial charge in [-0.1, -0.05) is 35.2 Å². The number of fused-ring (bicyclic) bond motifs is 2. The van der Waals surface area contributed by atoms with Gasteiger partial charge in [0, 0.05) is 23.9 Å². The van der Waals surface area contributed by atoms with Crippen molar-refractivity contribution in [1.29, 1.82) is 0 Å². The number of aromatic nitrogens is 4. The molecule has 0 spiro atoms. The molecule has 5 heterocycles. The third-order valence-corrected chi connectivity index (χ3v) is 10.8. The second-order valence-electron chi connectivity index (χ2n) is 10.4. The zero-order valence-corrected chi connectivity index (χ0v) is 26.7. The van der Waals surface area contributed by atoms with Crippen molar-refractivity contribution in [3.8, 4) is 11.5 Å². The van der Waals surface area contributed by atoms with E-state index in [0.717, 1.165) is 22.4 Å². The minimum absolute atomic E-state index is 0.0802. The summed E-state index contributed by atoms with van der Waals surface area (Å²) in [6.45, 7) is 0. The standard InChI is InChI=1S/C29H23N7O9S3/c37-14-5-3-12(4-6-14)19(32-24(41)15-9-31-16-2-1-7-30-20(16)23(15)40)25(42)33-21-26(43)36-22(28(44)45)13(10-46-27(21)36)11-47-29-35-34-17(48-29)8-18(38)39/h1-7,9,19,21,27,37H,8,10-11H2,(H,31,40)(H,32,41)(H,33,42)(H,38,39)(H,44,45)/t19?,21?,27-/m1/s1. The lowest BCUT2D eigenvalue weighted by atomic mass is 10.0.